The van der Waals surface area contributed by atoms with Crippen molar-refractivity contribution < 1.29 is 9.94 Å². The smallest absolute Gasteiger partial charge is 0.225 e. The van der Waals surface area contributed by atoms with Crippen LogP contribution in [0.2, 0.25) is 0 Å². The molecule has 0 amide bonds. The average molecular weight is 209 g/mol. The van der Waals surface area contributed by atoms with Gasteiger partial charge in [0.05, 0.1) is 11.7 Å². The van der Waals surface area contributed by atoms with Gasteiger partial charge in [0, 0.05) is 5.69 Å². The highest BCUT2D eigenvalue weighted by Gasteiger charge is 2.11. The maximum absolute atomic E-state index is 8.60. The van der Waals surface area contributed by atoms with E-state index in [1.54, 1.807) is 12.1 Å². The number of hydrogen-bond acceptors (Lipinski definition) is 4. The molecule has 0 aliphatic rings. The molecule has 0 radical (unpaired) electrons. The van der Waals surface area contributed by atoms with Crippen LogP contribution in [-0.2, 0) is 0 Å². The molecule has 1 aromatic heterocycles. The first-order valence-corrected chi connectivity index (χ1v) is 4.66. The molecule has 0 aliphatic heterocycles. The summed E-state index contributed by atoms with van der Waals surface area (Å²) in [5.41, 5.74) is 6.82. The van der Waals surface area contributed by atoms with Gasteiger partial charge < -0.3 is 15.7 Å². The Kier molecular flexibility index (Phi) is 3.49. The number of nitrogens with zero attached hydrogens (tertiary/aromatic N) is 2. The van der Waals surface area contributed by atoms with Crippen molar-refractivity contribution in [2.75, 3.05) is 0 Å². The van der Waals surface area contributed by atoms with Crippen molar-refractivity contribution >= 4 is 5.84 Å². The van der Waals surface area contributed by atoms with Gasteiger partial charge in [-0.2, -0.15) is 0 Å². The molecule has 15 heavy (non-hydrogen) atoms. The summed E-state index contributed by atoms with van der Waals surface area (Å²) in [7, 11) is 0. The van der Waals surface area contributed by atoms with Crippen LogP contribution in [0.5, 0.6) is 5.88 Å². The van der Waals surface area contributed by atoms with Gasteiger partial charge in [-0.15, -0.1) is 0 Å². The summed E-state index contributed by atoms with van der Waals surface area (Å²) in [6.45, 7) is 5.63. The summed E-state index contributed by atoms with van der Waals surface area (Å²) in [5, 5.41) is 11.5. The van der Waals surface area contributed by atoms with Gasteiger partial charge in [0.25, 0.3) is 0 Å². The molecule has 0 fully saturated rings. The maximum Gasteiger partial charge on any atom is 0.225 e. The molecule has 5 heteroatoms. The molecule has 5 nitrogen and oxygen atoms in total. The zero-order chi connectivity index (χ0) is 11.4. The van der Waals surface area contributed by atoms with Crippen LogP contribution in [0.3, 0.4) is 0 Å². The highest BCUT2D eigenvalue weighted by molar-refractivity contribution is 5.99. The van der Waals surface area contributed by atoms with Crippen LogP contribution in [0, 0.1) is 6.92 Å². The van der Waals surface area contributed by atoms with E-state index in [1.165, 1.54) is 0 Å². The van der Waals surface area contributed by atoms with Gasteiger partial charge >= 0.3 is 0 Å². The van der Waals surface area contributed by atoms with Gasteiger partial charge in [-0.3, -0.25) is 0 Å². The second-order valence-electron chi connectivity index (χ2n) is 3.46. The summed E-state index contributed by atoms with van der Waals surface area (Å²) >= 11 is 0. The lowest BCUT2D eigenvalue weighted by molar-refractivity contribution is 0.231. The van der Waals surface area contributed by atoms with Crippen LogP contribution in [0.15, 0.2) is 17.3 Å². The molecule has 0 saturated heterocycles. The van der Waals surface area contributed by atoms with Crippen molar-refractivity contribution in [1.82, 2.24) is 4.98 Å². The highest BCUT2D eigenvalue weighted by atomic mass is 16.5. The summed E-state index contributed by atoms with van der Waals surface area (Å²) in [6.07, 6.45) is -0.00968. The van der Waals surface area contributed by atoms with Gasteiger partial charge in [0.1, 0.15) is 0 Å². The Hall–Kier alpha value is -1.78. The van der Waals surface area contributed by atoms with Crippen molar-refractivity contribution in [3.05, 3.63) is 23.4 Å². The lowest BCUT2D eigenvalue weighted by Gasteiger charge is -2.12. The largest absolute Gasteiger partial charge is 0.474 e. The van der Waals surface area contributed by atoms with Crippen LogP contribution in [0.1, 0.15) is 25.1 Å². The van der Waals surface area contributed by atoms with Crippen LogP contribution < -0.4 is 10.5 Å². The van der Waals surface area contributed by atoms with E-state index >= 15 is 0 Å². The summed E-state index contributed by atoms with van der Waals surface area (Å²) < 4.78 is 5.47. The van der Waals surface area contributed by atoms with Crippen LogP contribution >= 0.6 is 0 Å². The lowest BCUT2D eigenvalue weighted by Crippen LogP contribution is -2.18. The predicted octanol–water partition coefficient (Wildman–Crippen LogP) is 1.27. The number of rotatable bonds is 3. The molecule has 1 heterocycles. The SMILES string of the molecule is Cc1ccc(C(N)=NO)c(OC(C)C)n1. The number of aromatic nitrogens is 1. The van der Waals surface area contributed by atoms with E-state index in [2.05, 4.69) is 10.1 Å². The number of ether oxygens (including phenoxy) is 1. The van der Waals surface area contributed by atoms with Crippen LogP contribution in [0.25, 0.3) is 0 Å². The van der Waals surface area contributed by atoms with Crippen molar-refractivity contribution in [3.8, 4) is 5.88 Å². The van der Waals surface area contributed by atoms with Crippen molar-refractivity contribution in [1.29, 1.82) is 0 Å². The number of nitrogens with two attached hydrogens (primary N) is 1. The predicted molar refractivity (Wildman–Crippen MR) is 57.2 cm³/mol. The second-order valence-corrected chi connectivity index (χ2v) is 3.46. The topological polar surface area (TPSA) is 80.7 Å². The Morgan fingerprint density at radius 1 is 1.53 bits per heavy atom. The molecule has 0 spiro atoms. The third-order valence-electron chi connectivity index (χ3n) is 1.73. The number of amidine groups is 1. The third-order valence-corrected chi connectivity index (χ3v) is 1.73. The molecule has 1 aromatic rings. The van der Waals surface area contributed by atoms with Gasteiger partial charge in [0.15, 0.2) is 5.84 Å². The Morgan fingerprint density at radius 2 is 2.20 bits per heavy atom. The lowest BCUT2D eigenvalue weighted by atomic mass is 10.2. The molecule has 0 atom stereocenters. The quantitative estimate of drug-likeness (QED) is 0.340. The molecule has 0 bridgehead atoms. The molecular weight excluding hydrogens is 194 g/mol. The maximum atomic E-state index is 8.60. The van der Waals surface area contributed by atoms with Gasteiger partial charge in [-0.25, -0.2) is 4.98 Å². The molecule has 3 N–H and O–H groups in total. The Morgan fingerprint density at radius 3 is 2.73 bits per heavy atom. The molecule has 0 aliphatic carbocycles. The fraction of sp³-hybridized carbons (Fsp3) is 0.400. The first kappa shape index (κ1) is 11.3. The average Bonchev–Trinajstić information content (AvgIpc) is 2.16. The number of aryl methyl sites for hydroxylation is 1. The second kappa shape index (κ2) is 4.63. The van der Waals surface area contributed by atoms with E-state index in [0.717, 1.165) is 5.69 Å². The minimum atomic E-state index is -0.00968. The van der Waals surface area contributed by atoms with Crippen molar-refractivity contribution in [2.24, 2.45) is 10.9 Å². The normalized spacial score (nSPS) is 11.9. The first-order chi connectivity index (χ1) is 7.04. The minimum Gasteiger partial charge on any atom is -0.474 e. The van der Waals surface area contributed by atoms with E-state index in [-0.39, 0.29) is 11.9 Å². The fourth-order valence-corrected chi connectivity index (χ4v) is 1.09. The summed E-state index contributed by atoms with van der Waals surface area (Å²) in [6, 6.07) is 3.50. The van der Waals surface area contributed by atoms with E-state index in [4.69, 9.17) is 15.7 Å². The first-order valence-electron chi connectivity index (χ1n) is 4.66. The van der Waals surface area contributed by atoms with Gasteiger partial charge in [-0.1, -0.05) is 5.16 Å². The summed E-state index contributed by atoms with van der Waals surface area (Å²) in [5.74, 6) is 0.387. The van der Waals surface area contributed by atoms with Gasteiger partial charge in [-0.05, 0) is 32.9 Å². The Balaban J connectivity index is 3.14. The fourth-order valence-electron chi connectivity index (χ4n) is 1.09. The zero-order valence-corrected chi connectivity index (χ0v) is 9.06. The third kappa shape index (κ3) is 2.83. The zero-order valence-electron chi connectivity index (χ0n) is 9.06. The number of hydrogen-bond donors (Lipinski definition) is 2. The van der Waals surface area contributed by atoms with E-state index in [1.807, 2.05) is 20.8 Å². The van der Waals surface area contributed by atoms with Crippen LogP contribution in [0.4, 0.5) is 0 Å². The summed E-state index contributed by atoms with van der Waals surface area (Å²) in [4.78, 5) is 4.19. The number of oxime groups is 1. The monoisotopic (exact) mass is 209 g/mol. The van der Waals surface area contributed by atoms with Crippen molar-refractivity contribution in [3.63, 3.8) is 0 Å². The van der Waals surface area contributed by atoms with E-state index < -0.39 is 0 Å². The van der Waals surface area contributed by atoms with E-state index in [0.29, 0.717) is 11.4 Å². The molecular formula is C10H15N3O2. The molecule has 0 aromatic carbocycles. The van der Waals surface area contributed by atoms with Crippen molar-refractivity contribution in [2.45, 2.75) is 26.9 Å². The van der Waals surface area contributed by atoms with Gasteiger partial charge in [0.2, 0.25) is 5.88 Å². The number of pyridine rings is 1. The molecule has 0 unspecified atom stereocenters. The Bertz CT molecular complexity index is 375. The minimum absolute atomic E-state index is 0.00171. The standard InChI is InChI=1S/C10H15N3O2/c1-6(2)15-10-8(9(11)13-14)5-4-7(3)12-10/h4-6,14H,1-3H3,(H2,11,13). The van der Waals surface area contributed by atoms with E-state index in [9.17, 15) is 0 Å². The molecule has 0 saturated carbocycles. The Labute approximate surface area is 88.6 Å². The molecule has 82 valence electrons. The highest BCUT2D eigenvalue weighted by Crippen LogP contribution is 2.17. The van der Waals surface area contributed by atoms with Crippen LogP contribution in [-0.4, -0.2) is 22.1 Å². The molecule has 1 rings (SSSR count).